The maximum atomic E-state index is 11.5. The van der Waals surface area contributed by atoms with Crippen molar-refractivity contribution in [1.82, 2.24) is 4.90 Å². The van der Waals surface area contributed by atoms with Gasteiger partial charge in [-0.1, -0.05) is 19.8 Å². The molecular weight excluding hydrogens is 174 g/mol. The molecule has 0 aromatic heterocycles. The Morgan fingerprint density at radius 1 is 1.36 bits per heavy atom. The molecule has 0 spiro atoms. The predicted octanol–water partition coefficient (Wildman–Crippen LogP) is 2.39. The molecule has 2 nitrogen and oxygen atoms in total. The van der Waals surface area contributed by atoms with E-state index in [2.05, 4.69) is 18.2 Å². The fraction of sp³-hybridized carbons (Fsp3) is 0.833. The molecule has 1 aliphatic carbocycles. The lowest BCUT2D eigenvalue weighted by atomic mass is 9.83. The van der Waals surface area contributed by atoms with Crippen LogP contribution >= 0.6 is 0 Å². The molecule has 2 fully saturated rings. The van der Waals surface area contributed by atoms with Gasteiger partial charge in [-0.05, 0) is 31.1 Å². The minimum absolute atomic E-state index is 0.361. The Labute approximate surface area is 86.7 Å². The number of rotatable bonds is 3. The summed E-state index contributed by atoms with van der Waals surface area (Å²) >= 11 is 0. The highest BCUT2D eigenvalue weighted by Crippen LogP contribution is 2.41. The summed E-state index contributed by atoms with van der Waals surface area (Å²) in [6.45, 7) is 4.14. The zero-order valence-electron chi connectivity index (χ0n) is 9.09. The first-order valence-corrected chi connectivity index (χ1v) is 5.84. The van der Waals surface area contributed by atoms with Gasteiger partial charge in [-0.2, -0.15) is 0 Å². The molecule has 1 saturated heterocycles. The van der Waals surface area contributed by atoms with Crippen molar-refractivity contribution in [2.45, 2.75) is 45.4 Å². The first-order chi connectivity index (χ1) is 6.76. The minimum Gasteiger partial charge on any atom is -0.342 e. The molecule has 0 aromatic carbocycles. The minimum atomic E-state index is 0.361. The van der Waals surface area contributed by atoms with E-state index in [9.17, 15) is 4.79 Å². The first kappa shape index (κ1) is 10.0. The van der Waals surface area contributed by atoms with Crippen LogP contribution in [0.4, 0.5) is 0 Å². The molecule has 1 heterocycles. The molecule has 1 aliphatic heterocycles. The normalized spacial score (nSPS) is 26.1. The summed E-state index contributed by atoms with van der Waals surface area (Å²) in [6, 6.07) is 0. The Hall–Kier alpha value is -0.530. The molecule has 2 aliphatic rings. The second-order valence-corrected chi connectivity index (χ2v) is 4.78. The van der Waals surface area contributed by atoms with Crippen LogP contribution in [0.3, 0.4) is 0 Å². The van der Waals surface area contributed by atoms with Gasteiger partial charge in [0.1, 0.15) is 0 Å². The van der Waals surface area contributed by atoms with Gasteiger partial charge in [0.25, 0.3) is 0 Å². The summed E-state index contributed by atoms with van der Waals surface area (Å²) in [5.74, 6) is 0.373. The number of hydrogen-bond acceptors (Lipinski definition) is 1. The molecule has 1 radical (unpaired) electrons. The van der Waals surface area contributed by atoms with Crippen molar-refractivity contribution >= 4 is 5.91 Å². The average Bonchev–Trinajstić information content (AvgIpc) is 2.79. The number of hydrogen-bond donors (Lipinski definition) is 0. The molecule has 79 valence electrons. The molecule has 1 amide bonds. The van der Waals surface area contributed by atoms with Crippen LogP contribution in [0.5, 0.6) is 0 Å². The van der Waals surface area contributed by atoms with Gasteiger partial charge in [0.05, 0.1) is 0 Å². The summed E-state index contributed by atoms with van der Waals surface area (Å²) < 4.78 is 0. The van der Waals surface area contributed by atoms with Crippen LogP contribution in [0.25, 0.3) is 0 Å². The molecule has 2 rings (SSSR count). The van der Waals surface area contributed by atoms with Crippen molar-refractivity contribution in [3.63, 3.8) is 0 Å². The van der Waals surface area contributed by atoms with Crippen molar-refractivity contribution in [2.75, 3.05) is 13.1 Å². The van der Waals surface area contributed by atoms with Crippen molar-refractivity contribution < 1.29 is 4.79 Å². The fourth-order valence-electron chi connectivity index (χ4n) is 2.87. The van der Waals surface area contributed by atoms with Crippen LogP contribution in [0.15, 0.2) is 0 Å². The molecule has 1 saturated carbocycles. The van der Waals surface area contributed by atoms with Gasteiger partial charge in [-0.25, -0.2) is 0 Å². The Kier molecular flexibility index (Phi) is 2.80. The average molecular weight is 194 g/mol. The largest absolute Gasteiger partial charge is 0.342 e. The number of carbonyl (C=O) groups excluding carboxylic acids is 1. The topological polar surface area (TPSA) is 20.3 Å². The van der Waals surface area contributed by atoms with Gasteiger partial charge in [0, 0.05) is 19.5 Å². The molecular formula is C12H20NO. The highest BCUT2D eigenvalue weighted by atomic mass is 16.2. The fourth-order valence-corrected chi connectivity index (χ4v) is 2.87. The highest BCUT2D eigenvalue weighted by Gasteiger charge is 2.36. The van der Waals surface area contributed by atoms with E-state index in [0.29, 0.717) is 11.3 Å². The maximum absolute atomic E-state index is 11.5. The van der Waals surface area contributed by atoms with Gasteiger partial charge in [-0.3, -0.25) is 4.79 Å². The molecule has 2 heteroatoms. The molecule has 14 heavy (non-hydrogen) atoms. The SMILES string of the molecule is C[CH]C1(CN2CCCC2=O)CCCC1. The van der Waals surface area contributed by atoms with E-state index in [1.165, 1.54) is 25.7 Å². The lowest BCUT2D eigenvalue weighted by Gasteiger charge is -2.32. The van der Waals surface area contributed by atoms with Gasteiger partial charge >= 0.3 is 0 Å². The predicted molar refractivity (Wildman–Crippen MR) is 56.7 cm³/mol. The van der Waals surface area contributed by atoms with E-state index < -0.39 is 0 Å². The van der Waals surface area contributed by atoms with Crippen molar-refractivity contribution in [3.05, 3.63) is 6.42 Å². The van der Waals surface area contributed by atoms with Crippen molar-refractivity contribution in [3.8, 4) is 0 Å². The zero-order chi connectivity index (χ0) is 10.0. The summed E-state index contributed by atoms with van der Waals surface area (Å²) in [4.78, 5) is 13.6. The third-order valence-electron chi connectivity index (χ3n) is 3.89. The van der Waals surface area contributed by atoms with Crippen LogP contribution in [0, 0.1) is 11.8 Å². The second kappa shape index (κ2) is 3.92. The molecule has 0 N–H and O–H groups in total. The van der Waals surface area contributed by atoms with Crippen molar-refractivity contribution in [1.29, 1.82) is 0 Å². The zero-order valence-corrected chi connectivity index (χ0v) is 9.09. The third-order valence-corrected chi connectivity index (χ3v) is 3.89. The van der Waals surface area contributed by atoms with Crippen LogP contribution in [0.1, 0.15) is 45.4 Å². The number of carbonyl (C=O) groups is 1. The third kappa shape index (κ3) is 1.79. The van der Waals surface area contributed by atoms with E-state index in [-0.39, 0.29) is 0 Å². The Morgan fingerprint density at radius 2 is 2.07 bits per heavy atom. The smallest absolute Gasteiger partial charge is 0.222 e. The summed E-state index contributed by atoms with van der Waals surface area (Å²) in [5.41, 5.74) is 0.361. The molecule has 0 atom stereocenters. The first-order valence-electron chi connectivity index (χ1n) is 5.84. The monoisotopic (exact) mass is 194 g/mol. The van der Waals surface area contributed by atoms with Crippen molar-refractivity contribution in [2.24, 2.45) is 5.41 Å². The summed E-state index contributed by atoms with van der Waals surface area (Å²) in [5, 5.41) is 0. The van der Waals surface area contributed by atoms with E-state index >= 15 is 0 Å². The van der Waals surface area contributed by atoms with Gasteiger partial charge in [0.15, 0.2) is 0 Å². The van der Waals surface area contributed by atoms with E-state index in [1.807, 2.05) is 0 Å². The Morgan fingerprint density at radius 3 is 2.57 bits per heavy atom. The second-order valence-electron chi connectivity index (χ2n) is 4.78. The van der Waals surface area contributed by atoms with E-state index in [1.54, 1.807) is 0 Å². The van der Waals surface area contributed by atoms with Gasteiger partial charge < -0.3 is 4.90 Å². The van der Waals surface area contributed by atoms with Gasteiger partial charge in [-0.15, -0.1) is 0 Å². The molecule has 0 unspecified atom stereocenters. The van der Waals surface area contributed by atoms with Crippen LogP contribution in [-0.2, 0) is 4.79 Å². The van der Waals surface area contributed by atoms with Gasteiger partial charge in [0.2, 0.25) is 5.91 Å². The molecule has 0 aromatic rings. The van der Waals surface area contributed by atoms with Crippen LogP contribution in [0.2, 0.25) is 0 Å². The number of likely N-dealkylation sites (tertiary alicyclic amines) is 1. The van der Waals surface area contributed by atoms with E-state index in [4.69, 9.17) is 0 Å². The summed E-state index contributed by atoms with van der Waals surface area (Å²) in [6.07, 6.45) is 9.43. The maximum Gasteiger partial charge on any atom is 0.222 e. The molecule has 0 bridgehead atoms. The van der Waals surface area contributed by atoms with E-state index in [0.717, 1.165) is 25.9 Å². The van der Waals surface area contributed by atoms with Crippen LogP contribution in [-0.4, -0.2) is 23.9 Å². The lowest BCUT2D eigenvalue weighted by molar-refractivity contribution is -0.128. The highest BCUT2D eigenvalue weighted by molar-refractivity contribution is 5.78. The summed E-state index contributed by atoms with van der Waals surface area (Å²) in [7, 11) is 0. The number of nitrogens with zero attached hydrogens (tertiary/aromatic N) is 1. The number of amides is 1. The van der Waals surface area contributed by atoms with Crippen LogP contribution < -0.4 is 0 Å². The quantitative estimate of drug-likeness (QED) is 0.675. The Bertz CT molecular complexity index is 218. The lowest BCUT2D eigenvalue weighted by Crippen LogP contribution is -2.36. The standard InChI is InChI=1S/C12H20NO/c1-2-12(7-3-4-8-12)10-13-9-5-6-11(13)14/h2H,3-10H2,1H3. The Balaban J connectivity index is 1.96.